The van der Waals surface area contributed by atoms with Gasteiger partial charge in [-0.2, -0.15) is 0 Å². The van der Waals surface area contributed by atoms with E-state index in [1.807, 2.05) is 0 Å². The summed E-state index contributed by atoms with van der Waals surface area (Å²) >= 11 is 0. The van der Waals surface area contributed by atoms with Crippen LogP contribution in [0, 0.1) is 6.92 Å². The Morgan fingerprint density at radius 1 is 1.05 bits per heavy atom. The molecule has 20 heavy (non-hydrogen) atoms. The summed E-state index contributed by atoms with van der Waals surface area (Å²) in [6.07, 6.45) is 1.00. The fourth-order valence-electron chi connectivity index (χ4n) is 3.26. The van der Waals surface area contributed by atoms with Crippen molar-refractivity contribution in [3.05, 3.63) is 65.2 Å². The number of nitrogens with two attached hydrogens (primary N) is 1. The van der Waals surface area contributed by atoms with Crippen molar-refractivity contribution in [3.8, 4) is 0 Å². The maximum Gasteiger partial charge on any atom is 0.0563 e. The predicted molar refractivity (Wildman–Crippen MR) is 84.9 cm³/mol. The molecule has 104 valence electrons. The molecule has 0 heterocycles. The molecule has 2 heteroatoms. The zero-order valence-electron chi connectivity index (χ0n) is 12.2. The minimum Gasteiger partial charge on any atom is -0.365 e. The highest BCUT2D eigenvalue weighted by Gasteiger charge is 2.31. The smallest absolute Gasteiger partial charge is 0.0563 e. The normalized spacial score (nSPS) is 20.8. The van der Waals surface area contributed by atoms with E-state index in [4.69, 9.17) is 5.73 Å². The fourth-order valence-corrected chi connectivity index (χ4v) is 3.26. The van der Waals surface area contributed by atoms with Crippen molar-refractivity contribution in [3.63, 3.8) is 0 Å². The Hall–Kier alpha value is -1.80. The first-order valence-corrected chi connectivity index (χ1v) is 7.38. The van der Waals surface area contributed by atoms with Crippen molar-refractivity contribution < 1.29 is 0 Å². The lowest BCUT2D eigenvalue weighted by Gasteiger charge is -2.31. The molecule has 2 unspecified atom stereocenters. The van der Waals surface area contributed by atoms with Gasteiger partial charge in [0.2, 0.25) is 0 Å². The molecule has 3 rings (SSSR count). The van der Waals surface area contributed by atoms with E-state index >= 15 is 0 Å². The predicted octanol–water partition coefficient (Wildman–Crippen LogP) is 3.97. The maximum absolute atomic E-state index is 6.30. The lowest BCUT2D eigenvalue weighted by atomic mass is 10.1. The second-order valence-electron chi connectivity index (χ2n) is 5.61. The molecule has 2 nitrogen and oxygen atoms in total. The third-order valence-corrected chi connectivity index (χ3v) is 4.31. The summed E-state index contributed by atoms with van der Waals surface area (Å²) in [5, 5.41) is 0. The van der Waals surface area contributed by atoms with E-state index in [1.54, 1.807) is 0 Å². The van der Waals surface area contributed by atoms with Crippen LogP contribution in [0.15, 0.2) is 48.5 Å². The first kappa shape index (κ1) is 13.2. The monoisotopic (exact) mass is 266 g/mol. The second kappa shape index (κ2) is 5.29. The van der Waals surface area contributed by atoms with E-state index in [9.17, 15) is 0 Å². The van der Waals surface area contributed by atoms with Crippen molar-refractivity contribution >= 4 is 5.69 Å². The molecule has 2 N–H and O–H groups in total. The quantitative estimate of drug-likeness (QED) is 0.911. The van der Waals surface area contributed by atoms with Crippen LogP contribution in [0.4, 0.5) is 5.69 Å². The molecule has 1 aliphatic rings. The Bertz CT molecular complexity index is 589. The van der Waals surface area contributed by atoms with Crippen LogP contribution in [0.1, 0.15) is 42.1 Å². The van der Waals surface area contributed by atoms with Gasteiger partial charge in [-0.25, -0.2) is 0 Å². The van der Waals surface area contributed by atoms with Crippen LogP contribution in [-0.2, 0) is 0 Å². The molecule has 1 aliphatic carbocycles. The Kier molecular flexibility index (Phi) is 3.49. The van der Waals surface area contributed by atoms with E-state index < -0.39 is 0 Å². The number of benzene rings is 2. The van der Waals surface area contributed by atoms with Crippen molar-refractivity contribution in [2.24, 2.45) is 5.73 Å². The van der Waals surface area contributed by atoms with Gasteiger partial charge in [0.15, 0.2) is 0 Å². The zero-order valence-corrected chi connectivity index (χ0v) is 12.2. The Morgan fingerprint density at radius 3 is 2.35 bits per heavy atom. The lowest BCUT2D eigenvalue weighted by Crippen LogP contribution is -2.27. The minimum absolute atomic E-state index is 0.163. The summed E-state index contributed by atoms with van der Waals surface area (Å²) in [4.78, 5) is 2.46. The highest BCUT2D eigenvalue weighted by Crippen LogP contribution is 2.42. The number of rotatable bonds is 3. The number of nitrogens with zero attached hydrogens (tertiary/aromatic N) is 1. The Balaban J connectivity index is 1.97. The van der Waals surface area contributed by atoms with E-state index in [0.717, 1.165) is 13.0 Å². The molecule has 0 fully saturated rings. The minimum atomic E-state index is 0.163. The molecule has 0 spiro atoms. The molecule has 2 aromatic rings. The van der Waals surface area contributed by atoms with Crippen LogP contribution in [0.5, 0.6) is 0 Å². The third-order valence-electron chi connectivity index (χ3n) is 4.31. The second-order valence-corrected chi connectivity index (χ2v) is 5.61. The van der Waals surface area contributed by atoms with Crippen molar-refractivity contribution in [1.82, 2.24) is 0 Å². The average Bonchev–Trinajstić information content (AvgIpc) is 2.80. The van der Waals surface area contributed by atoms with Gasteiger partial charge in [0.1, 0.15) is 0 Å². The van der Waals surface area contributed by atoms with Crippen molar-refractivity contribution in [1.29, 1.82) is 0 Å². The molecule has 0 amide bonds. The molecule has 0 aromatic heterocycles. The molecule has 0 saturated carbocycles. The molecule has 2 atom stereocenters. The SMILES string of the molecule is CCN(c1ccc(C)cc1)C1CC(N)c2ccccc21. The third kappa shape index (κ3) is 2.20. The maximum atomic E-state index is 6.30. The van der Waals surface area contributed by atoms with Gasteiger partial charge >= 0.3 is 0 Å². The highest BCUT2D eigenvalue weighted by molar-refractivity contribution is 5.52. The summed E-state index contributed by atoms with van der Waals surface area (Å²) < 4.78 is 0. The first-order chi connectivity index (χ1) is 9.70. The Morgan fingerprint density at radius 2 is 1.70 bits per heavy atom. The van der Waals surface area contributed by atoms with Crippen LogP contribution >= 0.6 is 0 Å². The average molecular weight is 266 g/mol. The van der Waals surface area contributed by atoms with Crippen LogP contribution in [-0.4, -0.2) is 6.54 Å². The van der Waals surface area contributed by atoms with Crippen molar-refractivity contribution in [2.75, 3.05) is 11.4 Å². The van der Waals surface area contributed by atoms with Crippen LogP contribution in [0.25, 0.3) is 0 Å². The van der Waals surface area contributed by atoms with Gasteiger partial charge in [-0.1, -0.05) is 42.0 Å². The molecular formula is C18H22N2. The van der Waals surface area contributed by atoms with Gasteiger partial charge in [-0.15, -0.1) is 0 Å². The van der Waals surface area contributed by atoms with Crippen LogP contribution in [0.2, 0.25) is 0 Å². The fraction of sp³-hybridized carbons (Fsp3) is 0.333. The topological polar surface area (TPSA) is 29.3 Å². The van der Waals surface area contributed by atoms with Gasteiger partial charge in [-0.05, 0) is 43.5 Å². The number of hydrogen-bond donors (Lipinski definition) is 1. The van der Waals surface area contributed by atoms with E-state index in [2.05, 4.69) is 67.3 Å². The summed E-state index contributed by atoms with van der Waals surface area (Å²) in [7, 11) is 0. The summed E-state index contributed by atoms with van der Waals surface area (Å²) in [6, 6.07) is 17.9. The van der Waals surface area contributed by atoms with Gasteiger partial charge < -0.3 is 10.6 Å². The number of anilines is 1. The first-order valence-electron chi connectivity index (χ1n) is 7.38. The van der Waals surface area contributed by atoms with Gasteiger partial charge in [0.25, 0.3) is 0 Å². The Labute approximate surface area is 121 Å². The zero-order chi connectivity index (χ0) is 14.1. The lowest BCUT2D eigenvalue weighted by molar-refractivity contribution is 0.573. The molecule has 0 bridgehead atoms. The number of fused-ring (bicyclic) bond motifs is 1. The highest BCUT2D eigenvalue weighted by atomic mass is 15.2. The largest absolute Gasteiger partial charge is 0.365 e. The van der Waals surface area contributed by atoms with Gasteiger partial charge in [0, 0.05) is 18.3 Å². The number of aryl methyl sites for hydroxylation is 1. The summed E-state index contributed by atoms with van der Waals surface area (Å²) in [5.41, 5.74) is 11.6. The summed E-state index contributed by atoms with van der Waals surface area (Å²) in [6.45, 7) is 5.34. The number of hydrogen-bond acceptors (Lipinski definition) is 2. The van der Waals surface area contributed by atoms with E-state index in [-0.39, 0.29) is 6.04 Å². The molecule has 0 radical (unpaired) electrons. The van der Waals surface area contributed by atoms with E-state index in [0.29, 0.717) is 6.04 Å². The van der Waals surface area contributed by atoms with Crippen LogP contribution in [0.3, 0.4) is 0 Å². The van der Waals surface area contributed by atoms with Crippen molar-refractivity contribution in [2.45, 2.75) is 32.4 Å². The van der Waals surface area contributed by atoms with Gasteiger partial charge in [0.05, 0.1) is 6.04 Å². The molecular weight excluding hydrogens is 244 g/mol. The molecule has 2 aromatic carbocycles. The van der Waals surface area contributed by atoms with E-state index in [1.165, 1.54) is 22.4 Å². The molecule has 0 aliphatic heterocycles. The molecule has 0 saturated heterocycles. The van der Waals surface area contributed by atoms with Gasteiger partial charge in [-0.3, -0.25) is 0 Å². The van der Waals surface area contributed by atoms with Crippen LogP contribution < -0.4 is 10.6 Å². The standard InChI is InChI=1S/C18H22N2/c1-3-20(14-10-8-13(2)9-11-14)18-12-17(19)15-6-4-5-7-16(15)18/h4-11,17-18H,3,12,19H2,1-2H3. The summed E-state index contributed by atoms with van der Waals surface area (Å²) in [5.74, 6) is 0.